The van der Waals surface area contributed by atoms with E-state index in [1.54, 1.807) is 0 Å². The number of aliphatic hydroxyl groups excluding tert-OH is 1. The quantitative estimate of drug-likeness (QED) is 0.0222. The Morgan fingerprint density at radius 2 is 0.477 bits per heavy atom. The van der Waals surface area contributed by atoms with Crippen molar-refractivity contribution in [2.75, 3.05) is 39.6 Å². The Morgan fingerprint density at radius 1 is 0.284 bits per heavy atom. The van der Waals surface area contributed by atoms with Crippen molar-refractivity contribution in [2.45, 2.75) is 356 Å². The molecule has 0 amide bonds. The van der Waals surface area contributed by atoms with Gasteiger partial charge >= 0.3 is 39.5 Å². The number of ether oxygens (including phenoxy) is 4. The summed E-state index contributed by atoms with van der Waals surface area (Å²) in [5, 5.41) is 10.6. The molecule has 2 unspecified atom stereocenters. The molecule has 0 aromatic heterocycles. The lowest BCUT2D eigenvalue weighted by molar-refractivity contribution is -0.161. The number of unbranched alkanes of at least 4 members (excludes halogenated alkanes) is 32. The van der Waals surface area contributed by atoms with Crippen LogP contribution in [0.15, 0.2) is 0 Å². The fourth-order valence-electron chi connectivity index (χ4n) is 10.3. The summed E-state index contributed by atoms with van der Waals surface area (Å²) in [6.45, 7) is 14.0. The van der Waals surface area contributed by atoms with Crippen molar-refractivity contribution in [2.24, 2.45) is 23.7 Å². The predicted molar refractivity (Wildman–Crippen MR) is 354 cm³/mol. The summed E-state index contributed by atoms with van der Waals surface area (Å²) in [5.74, 6) is 0.746. The van der Waals surface area contributed by atoms with Crippen molar-refractivity contribution in [1.29, 1.82) is 0 Å². The van der Waals surface area contributed by atoms with Crippen molar-refractivity contribution < 1.29 is 80.2 Å². The first kappa shape index (κ1) is 86.1. The third-order valence-corrected chi connectivity index (χ3v) is 17.7. The Morgan fingerprint density at radius 3 is 0.705 bits per heavy atom. The number of esters is 4. The molecule has 3 N–H and O–H groups in total. The van der Waals surface area contributed by atoms with Gasteiger partial charge in [0.25, 0.3) is 0 Å². The van der Waals surface area contributed by atoms with Gasteiger partial charge in [0.15, 0.2) is 12.2 Å². The van der Waals surface area contributed by atoms with Crippen LogP contribution in [0, 0.1) is 23.7 Å². The summed E-state index contributed by atoms with van der Waals surface area (Å²) in [7, 11) is -9.90. The van der Waals surface area contributed by atoms with E-state index in [4.69, 9.17) is 37.0 Å². The van der Waals surface area contributed by atoms with Crippen LogP contribution < -0.4 is 0 Å². The minimum Gasteiger partial charge on any atom is -0.462 e. The molecule has 0 aliphatic heterocycles. The van der Waals surface area contributed by atoms with E-state index in [1.165, 1.54) is 135 Å². The second-order valence-corrected chi connectivity index (χ2v) is 29.7. The molecule has 19 heteroatoms. The number of rotatable bonds is 66. The smallest absolute Gasteiger partial charge is 0.462 e. The van der Waals surface area contributed by atoms with Gasteiger partial charge in [0, 0.05) is 25.7 Å². The van der Waals surface area contributed by atoms with E-state index < -0.39 is 97.5 Å². The fraction of sp³-hybridized carbons (Fsp3) is 0.942. The zero-order chi connectivity index (χ0) is 65.4. The van der Waals surface area contributed by atoms with Crippen molar-refractivity contribution in [3.63, 3.8) is 0 Å². The molecule has 0 saturated carbocycles. The van der Waals surface area contributed by atoms with Gasteiger partial charge in [0.1, 0.15) is 19.3 Å². The summed E-state index contributed by atoms with van der Waals surface area (Å²) in [6.07, 6.45) is 40.8. The molecule has 88 heavy (non-hydrogen) atoms. The maximum atomic E-state index is 13.0. The largest absolute Gasteiger partial charge is 0.472 e. The summed E-state index contributed by atoms with van der Waals surface area (Å²) >= 11 is 0. The third-order valence-electron chi connectivity index (χ3n) is 15.8. The molecule has 0 saturated heterocycles. The number of phosphoric ester groups is 2. The predicted octanol–water partition coefficient (Wildman–Crippen LogP) is 19.3. The second-order valence-electron chi connectivity index (χ2n) is 26.8. The molecule has 0 rings (SSSR count). The van der Waals surface area contributed by atoms with Gasteiger partial charge in [-0.15, -0.1) is 0 Å². The molecule has 0 radical (unpaired) electrons. The van der Waals surface area contributed by atoms with Crippen LogP contribution in [0.1, 0.15) is 338 Å². The molecule has 0 aliphatic carbocycles. The van der Waals surface area contributed by atoms with Crippen molar-refractivity contribution >= 4 is 39.5 Å². The Hall–Kier alpha value is -1.94. The first-order valence-electron chi connectivity index (χ1n) is 35.7. The van der Waals surface area contributed by atoms with Crippen molar-refractivity contribution in [3.05, 3.63) is 0 Å². The van der Waals surface area contributed by atoms with Gasteiger partial charge in [-0.05, 0) is 49.4 Å². The average Bonchev–Trinajstić information content (AvgIpc) is 3.41. The van der Waals surface area contributed by atoms with Crippen LogP contribution in [0.2, 0.25) is 0 Å². The highest BCUT2D eigenvalue weighted by Gasteiger charge is 2.30. The highest BCUT2D eigenvalue weighted by molar-refractivity contribution is 7.47. The number of phosphoric acid groups is 2. The lowest BCUT2D eigenvalue weighted by Gasteiger charge is -2.21. The third kappa shape index (κ3) is 62.8. The first-order chi connectivity index (χ1) is 42.1. The van der Waals surface area contributed by atoms with Crippen molar-refractivity contribution in [3.8, 4) is 0 Å². The fourth-order valence-corrected chi connectivity index (χ4v) is 11.9. The summed E-state index contributed by atoms with van der Waals surface area (Å²) < 4.78 is 68.1. The SMILES string of the molecule is CC(C)CCCCCCCCCCCCCCCCCCC(=O)OC[C@H](COP(=O)(O)OC[C@@H](O)COP(=O)(O)OC[C@@H](COC(=O)CCCCCCCCC(C)C)OC(=O)CCCCCCCCCC(C)C)OC(=O)CCCCCCCCCC(C)C. The van der Waals surface area contributed by atoms with E-state index in [9.17, 15) is 43.2 Å². The van der Waals surface area contributed by atoms with Gasteiger partial charge in [0.05, 0.1) is 26.4 Å². The van der Waals surface area contributed by atoms with Crippen molar-refractivity contribution in [1.82, 2.24) is 0 Å². The Labute approximate surface area is 537 Å². The Bertz CT molecular complexity index is 1750. The highest BCUT2D eigenvalue weighted by atomic mass is 31.2. The Kier molecular flexibility index (Phi) is 57.6. The van der Waals surface area contributed by atoms with Crippen LogP contribution >= 0.6 is 15.6 Å². The van der Waals surface area contributed by atoms with E-state index in [0.717, 1.165) is 102 Å². The number of carbonyl (C=O) groups excluding carboxylic acids is 4. The molecule has 0 aromatic rings. The monoisotopic (exact) mass is 1300 g/mol. The number of carbonyl (C=O) groups is 4. The lowest BCUT2D eigenvalue weighted by Crippen LogP contribution is -2.30. The van der Waals surface area contributed by atoms with Crippen LogP contribution in [0.3, 0.4) is 0 Å². The van der Waals surface area contributed by atoms with E-state index >= 15 is 0 Å². The summed E-state index contributed by atoms with van der Waals surface area (Å²) in [6, 6.07) is 0. The normalized spacial score (nSPS) is 14.3. The molecule has 0 fully saturated rings. The molecule has 0 aromatic carbocycles. The zero-order valence-electron chi connectivity index (χ0n) is 57.3. The van der Waals surface area contributed by atoms with Crippen LogP contribution in [0.25, 0.3) is 0 Å². The van der Waals surface area contributed by atoms with E-state index in [2.05, 4.69) is 55.4 Å². The molecule has 5 atom stereocenters. The molecule has 522 valence electrons. The van der Waals surface area contributed by atoms with Gasteiger partial charge in [-0.1, -0.05) is 287 Å². The van der Waals surface area contributed by atoms with Gasteiger partial charge in [-0.3, -0.25) is 37.3 Å². The van der Waals surface area contributed by atoms with E-state index in [1.807, 2.05) is 0 Å². The highest BCUT2D eigenvalue weighted by Crippen LogP contribution is 2.45. The molecule has 0 bridgehead atoms. The molecule has 0 heterocycles. The summed E-state index contributed by atoms with van der Waals surface area (Å²) in [5.41, 5.74) is 0. The van der Waals surface area contributed by atoms with Crippen LogP contribution in [0.4, 0.5) is 0 Å². The van der Waals surface area contributed by atoms with Gasteiger partial charge in [-0.25, -0.2) is 9.13 Å². The topological polar surface area (TPSA) is 237 Å². The minimum atomic E-state index is -4.95. The zero-order valence-corrected chi connectivity index (χ0v) is 59.1. The molecule has 0 aliphatic rings. The molecular weight excluding hydrogens is 1160 g/mol. The van der Waals surface area contributed by atoms with E-state index in [0.29, 0.717) is 43.4 Å². The number of hydrogen-bond acceptors (Lipinski definition) is 15. The summed E-state index contributed by atoms with van der Waals surface area (Å²) in [4.78, 5) is 72.3. The number of aliphatic hydroxyl groups is 1. The number of hydrogen-bond donors (Lipinski definition) is 3. The first-order valence-corrected chi connectivity index (χ1v) is 38.7. The molecule has 0 spiro atoms. The Balaban J connectivity index is 5.15. The second kappa shape index (κ2) is 58.8. The van der Waals surface area contributed by atoms with Crippen LogP contribution in [-0.4, -0.2) is 96.7 Å². The van der Waals surface area contributed by atoms with E-state index in [-0.39, 0.29) is 25.7 Å². The standard InChI is InChI=1S/C69H134O17P2/c1-59(2)45-37-29-21-17-15-13-11-9-10-12-14-16-18-24-33-41-49-66(71)79-55-64(85-68(73)51-43-35-25-19-22-30-38-46-60(3)4)57-83-87(75,76)81-53-63(70)54-82-88(77,78)84-58-65(56-80-67(72)50-42-34-28-27-32-40-48-62(7)8)86-69(74)52-44-36-26-20-23-31-39-47-61(5)6/h59-65,70H,9-58H2,1-8H3,(H,75,76)(H,77,78)/t63-,64-,65-/m1/s1. The van der Waals surface area contributed by atoms with Gasteiger partial charge in [0.2, 0.25) is 0 Å². The molecular formula is C69H134O17P2. The maximum Gasteiger partial charge on any atom is 0.472 e. The van der Waals surface area contributed by atoms with Crippen LogP contribution in [0.5, 0.6) is 0 Å². The van der Waals surface area contributed by atoms with Crippen LogP contribution in [-0.2, 0) is 65.4 Å². The minimum absolute atomic E-state index is 0.102. The average molecular weight is 1300 g/mol. The van der Waals surface area contributed by atoms with Gasteiger partial charge < -0.3 is 33.8 Å². The molecule has 17 nitrogen and oxygen atoms in total. The maximum absolute atomic E-state index is 13.0. The lowest BCUT2D eigenvalue weighted by atomic mass is 10.0. The van der Waals surface area contributed by atoms with Gasteiger partial charge in [-0.2, -0.15) is 0 Å².